The maximum Gasteiger partial charge on any atom is 0.0366 e. The van der Waals surface area contributed by atoms with Gasteiger partial charge in [-0.05, 0) is 78.3 Å². The van der Waals surface area contributed by atoms with Crippen LogP contribution in [0.1, 0.15) is 30.9 Å². The molecule has 0 amide bonds. The van der Waals surface area contributed by atoms with Crippen LogP contribution in [0, 0.1) is 29.6 Å². The van der Waals surface area contributed by atoms with Gasteiger partial charge in [-0.15, -0.1) is 11.3 Å². The fraction of sp³-hybridized carbons (Fsp3) is 0.556. The number of benzene rings is 1. The third-order valence-electron chi connectivity index (χ3n) is 6.34. The summed E-state index contributed by atoms with van der Waals surface area (Å²) in [4.78, 5) is 0. The lowest BCUT2D eigenvalue weighted by Crippen LogP contribution is -2.21. The first kappa shape index (κ1) is 11.8. The Morgan fingerprint density at radius 3 is 2.65 bits per heavy atom. The van der Waals surface area contributed by atoms with Crippen molar-refractivity contribution in [1.29, 1.82) is 0 Å². The smallest absolute Gasteiger partial charge is 0.0366 e. The summed E-state index contributed by atoms with van der Waals surface area (Å²) in [5, 5.41) is 7.55. The fourth-order valence-corrected chi connectivity index (χ4v) is 6.63. The van der Waals surface area contributed by atoms with Gasteiger partial charge in [0.05, 0.1) is 0 Å². The van der Waals surface area contributed by atoms with Gasteiger partial charge in [-0.25, -0.2) is 0 Å². The molecule has 1 N–H and O–H groups in total. The molecule has 3 saturated carbocycles. The normalized spacial score (nSPS) is 39.1. The maximum atomic E-state index is 3.66. The van der Waals surface area contributed by atoms with Crippen molar-refractivity contribution in [3.8, 4) is 0 Å². The molecule has 104 valence electrons. The molecule has 2 bridgehead atoms. The highest BCUT2D eigenvalue weighted by Crippen LogP contribution is 2.72. The molecular weight excluding hydrogens is 262 g/mol. The first-order valence-corrected chi connectivity index (χ1v) is 8.90. The second-order valence-electron chi connectivity index (χ2n) is 7.02. The highest BCUT2D eigenvalue weighted by Gasteiger charge is 2.66. The minimum Gasteiger partial charge on any atom is -0.313 e. The van der Waals surface area contributed by atoms with E-state index < -0.39 is 0 Å². The number of nitrogens with one attached hydrogen (secondary N) is 1. The predicted octanol–water partition coefficient (Wildman–Crippen LogP) is 4.45. The van der Waals surface area contributed by atoms with Gasteiger partial charge in [0.25, 0.3) is 0 Å². The van der Waals surface area contributed by atoms with E-state index in [2.05, 4.69) is 42.0 Å². The summed E-state index contributed by atoms with van der Waals surface area (Å²) in [5.41, 5.74) is 1.56. The van der Waals surface area contributed by atoms with Gasteiger partial charge in [0.2, 0.25) is 0 Å². The molecule has 0 saturated heterocycles. The van der Waals surface area contributed by atoms with Crippen LogP contribution < -0.4 is 5.32 Å². The standard InChI is InChI=1S/C18H21NS/c1-19-18(13-9-20-14-5-3-2-4-12(13)14)17-15-10-6-7-11(8-10)16(15)17/h2-5,9-11,15-19H,6-8H2,1H3. The number of hydrogen-bond acceptors (Lipinski definition) is 2. The molecule has 0 radical (unpaired) electrons. The Morgan fingerprint density at radius 1 is 1.15 bits per heavy atom. The van der Waals surface area contributed by atoms with Crippen LogP contribution >= 0.6 is 11.3 Å². The minimum absolute atomic E-state index is 0.588. The average molecular weight is 283 g/mol. The molecule has 1 aromatic heterocycles. The summed E-state index contributed by atoms with van der Waals surface area (Å²) >= 11 is 1.91. The van der Waals surface area contributed by atoms with Gasteiger partial charge in [0, 0.05) is 10.7 Å². The monoisotopic (exact) mass is 283 g/mol. The highest BCUT2D eigenvalue weighted by molar-refractivity contribution is 7.17. The Labute approximate surface area is 124 Å². The van der Waals surface area contributed by atoms with Crippen LogP contribution in [-0.2, 0) is 0 Å². The Hall–Kier alpha value is -0.860. The first-order valence-electron chi connectivity index (χ1n) is 8.02. The Balaban J connectivity index is 1.53. The highest BCUT2D eigenvalue weighted by atomic mass is 32.1. The number of thiophene rings is 1. The largest absolute Gasteiger partial charge is 0.313 e. The van der Waals surface area contributed by atoms with E-state index in [9.17, 15) is 0 Å². The molecule has 1 aromatic carbocycles. The van der Waals surface area contributed by atoms with E-state index in [-0.39, 0.29) is 0 Å². The number of rotatable bonds is 3. The zero-order valence-corrected chi connectivity index (χ0v) is 12.7. The summed E-state index contributed by atoms with van der Waals surface area (Å²) in [6.45, 7) is 0. The Bertz CT molecular complexity index is 644. The van der Waals surface area contributed by atoms with Crippen LogP contribution in [0.2, 0.25) is 0 Å². The molecule has 2 heteroatoms. The van der Waals surface area contributed by atoms with Crippen molar-refractivity contribution in [2.45, 2.75) is 25.3 Å². The molecular formula is C18H21NS. The Kier molecular flexibility index (Phi) is 2.40. The second-order valence-corrected chi connectivity index (χ2v) is 7.93. The third-order valence-corrected chi connectivity index (χ3v) is 7.32. The molecule has 5 rings (SSSR count). The van der Waals surface area contributed by atoms with Crippen molar-refractivity contribution in [3.05, 3.63) is 35.2 Å². The van der Waals surface area contributed by atoms with E-state index in [0.29, 0.717) is 6.04 Å². The average Bonchev–Trinajstić information content (AvgIpc) is 2.86. The molecule has 3 fully saturated rings. The molecule has 0 spiro atoms. The van der Waals surface area contributed by atoms with Crippen molar-refractivity contribution in [2.75, 3.05) is 7.05 Å². The van der Waals surface area contributed by atoms with Crippen molar-refractivity contribution in [1.82, 2.24) is 5.32 Å². The molecule has 1 nitrogen and oxygen atoms in total. The van der Waals surface area contributed by atoms with Crippen molar-refractivity contribution >= 4 is 21.4 Å². The lowest BCUT2D eigenvalue weighted by molar-refractivity contribution is 0.387. The van der Waals surface area contributed by atoms with Gasteiger partial charge in [0.15, 0.2) is 0 Å². The molecule has 2 aromatic rings. The van der Waals surface area contributed by atoms with Crippen LogP contribution in [0.15, 0.2) is 29.6 Å². The lowest BCUT2D eigenvalue weighted by Gasteiger charge is -2.20. The van der Waals surface area contributed by atoms with E-state index in [1.54, 1.807) is 12.0 Å². The van der Waals surface area contributed by atoms with Gasteiger partial charge in [-0.3, -0.25) is 0 Å². The molecule has 1 heterocycles. The van der Waals surface area contributed by atoms with Crippen LogP contribution in [0.25, 0.3) is 10.1 Å². The van der Waals surface area contributed by atoms with Crippen molar-refractivity contribution in [3.63, 3.8) is 0 Å². The summed E-state index contributed by atoms with van der Waals surface area (Å²) < 4.78 is 1.44. The summed E-state index contributed by atoms with van der Waals surface area (Å²) in [5.74, 6) is 5.14. The fourth-order valence-electron chi connectivity index (χ4n) is 5.63. The summed E-state index contributed by atoms with van der Waals surface area (Å²) in [6.07, 6.45) is 4.58. The third kappa shape index (κ3) is 1.42. The number of fused-ring (bicyclic) bond motifs is 6. The van der Waals surface area contributed by atoms with Crippen LogP contribution in [0.3, 0.4) is 0 Å². The topological polar surface area (TPSA) is 12.0 Å². The second kappa shape index (κ2) is 4.08. The molecule has 5 atom stereocenters. The predicted molar refractivity (Wildman–Crippen MR) is 84.9 cm³/mol. The van der Waals surface area contributed by atoms with Crippen LogP contribution in [0.5, 0.6) is 0 Å². The van der Waals surface area contributed by atoms with E-state index >= 15 is 0 Å². The maximum absolute atomic E-state index is 3.66. The molecule has 3 aliphatic rings. The van der Waals surface area contributed by atoms with Crippen LogP contribution in [0.4, 0.5) is 0 Å². The van der Waals surface area contributed by atoms with Gasteiger partial charge < -0.3 is 5.32 Å². The summed E-state index contributed by atoms with van der Waals surface area (Å²) in [6, 6.07) is 9.49. The van der Waals surface area contributed by atoms with Crippen LogP contribution in [-0.4, -0.2) is 7.05 Å². The van der Waals surface area contributed by atoms with E-state index in [0.717, 1.165) is 29.6 Å². The van der Waals surface area contributed by atoms with Gasteiger partial charge in [-0.2, -0.15) is 0 Å². The summed E-state index contributed by atoms with van der Waals surface area (Å²) in [7, 11) is 2.16. The van der Waals surface area contributed by atoms with E-state index in [1.165, 1.54) is 22.9 Å². The molecule has 0 aliphatic heterocycles. The zero-order chi connectivity index (χ0) is 13.3. The quantitative estimate of drug-likeness (QED) is 0.877. The Morgan fingerprint density at radius 2 is 1.90 bits per heavy atom. The van der Waals surface area contributed by atoms with Gasteiger partial charge in [-0.1, -0.05) is 18.2 Å². The minimum atomic E-state index is 0.588. The SMILES string of the molecule is CNC(c1csc2ccccc12)C1C2C3CCC(C3)C21. The van der Waals surface area contributed by atoms with Gasteiger partial charge >= 0.3 is 0 Å². The van der Waals surface area contributed by atoms with Gasteiger partial charge in [0.1, 0.15) is 0 Å². The lowest BCUT2D eigenvalue weighted by atomic mass is 9.93. The number of hydrogen-bond donors (Lipinski definition) is 1. The first-order chi connectivity index (χ1) is 9.88. The molecule has 5 unspecified atom stereocenters. The molecule has 20 heavy (non-hydrogen) atoms. The van der Waals surface area contributed by atoms with E-state index in [1.807, 2.05) is 11.3 Å². The molecule has 3 aliphatic carbocycles. The van der Waals surface area contributed by atoms with Crippen molar-refractivity contribution in [2.24, 2.45) is 29.6 Å². The van der Waals surface area contributed by atoms with Crippen molar-refractivity contribution < 1.29 is 0 Å². The van der Waals surface area contributed by atoms with E-state index in [4.69, 9.17) is 0 Å². The zero-order valence-electron chi connectivity index (χ0n) is 11.9.